The van der Waals surface area contributed by atoms with Gasteiger partial charge in [0.25, 0.3) is 0 Å². The first kappa shape index (κ1) is 22.5. The van der Waals surface area contributed by atoms with Gasteiger partial charge in [0.05, 0.1) is 18.3 Å². The molecule has 1 heterocycles. The van der Waals surface area contributed by atoms with Crippen LogP contribution in [0.3, 0.4) is 0 Å². The van der Waals surface area contributed by atoms with Gasteiger partial charge in [-0.2, -0.15) is 5.10 Å². The summed E-state index contributed by atoms with van der Waals surface area (Å²) >= 11 is 0. The van der Waals surface area contributed by atoms with E-state index < -0.39 is 12.0 Å². The zero-order chi connectivity index (χ0) is 23.4. The van der Waals surface area contributed by atoms with Crippen molar-refractivity contribution in [2.24, 2.45) is 11.0 Å². The van der Waals surface area contributed by atoms with Gasteiger partial charge in [-0.3, -0.25) is 14.6 Å². The predicted octanol–water partition coefficient (Wildman–Crippen LogP) is 3.41. The van der Waals surface area contributed by atoms with E-state index in [1.165, 1.54) is 0 Å². The minimum Gasteiger partial charge on any atom is -0.461 e. The van der Waals surface area contributed by atoms with Gasteiger partial charge in [0, 0.05) is 18.0 Å². The molecular formula is C25H28N4O4. The number of nitrogens with one attached hydrogen (secondary N) is 2. The number of esters is 1. The molecule has 2 amide bonds. The fourth-order valence-electron chi connectivity index (χ4n) is 3.71. The van der Waals surface area contributed by atoms with Gasteiger partial charge < -0.3 is 15.4 Å². The number of hydrazone groups is 1. The summed E-state index contributed by atoms with van der Waals surface area (Å²) in [7, 11) is 0. The van der Waals surface area contributed by atoms with Crippen LogP contribution in [0.2, 0.25) is 0 Å². The molecule has 0 bridgehead atoms. The van der Waals surface area contributed by atoms with Crippen LogP contribution in [-0.2, 0) is 19.1 Å². The average molecular weight is 449 g/mol. The molecule has 0 spiro atoms. The molecule has 2 atom stereocenters. The third-order valence-corrected chi connectivity index (χ3v) is 5.73. The quantitative estimate of drug-likeness (QED) is 0.603. The molecule has 0 radical (unpaired) electrons. The maximum Gasteiger partial charge on any atom is 0.354 e. The van der Waals surface area contributed by atoms with Gasteiger partial charge in [-0.15, -0.1) is 0 Å². The monoisotopic (exact) mass is 448 g/mol. The molecular weight excluding hydrogens is 420 g/mol. The van der Waals surface area contributed by atoms with E-state index in [1.54, 1.807) is 11.9 Å². The van der Waals surface area contributed by atoms with Gasteiger partial charge in [0.1, 0.15) is 11.8 Å². The predicted molar refractivity (Wildman–Crippen MR) is 126 cm³/mol. The molecule has 1 saturated carbocycles. The van der Waals surface area contributed by atoms with Crippen LogP contribution in [0.5, 0.6) is 0 Å². The van der Waals surface area contributed by atoms with Crippen molar-refractivity contribution in [2.45, 2.75) is 45.2 Å². The maximum absolute atomic E-state index is 13.2. The smallest absolute Gasteiger partial charge is 0.354 e. The molecule has 0 saturated heterocycles. The van der Waals surface area contributed by atoms with Crippen LogP contribution in [-0.4, -0.2) is 36.1 Å². The van der Waals surface area contributed by atoms with Crippen molar-refractivity contribution in [1.29, 1.82) is 0 Å². The summed E-state index contributed by atoms with van der Waals surface area (Å²) in [6.45, 7) is 3.87. The van der Waals surface area contributed by atoms with E-state index >= 15 is 0 Å². The number of rotatable bonds is 8. The lowest BCUT2D eigenvalue weighted by atomic mass is 10.1. The SMILES string of the molecule is CCOC(=O)C1=NN(c2ccccc2)C(C(=O)NC(C)c2ccc(NC(=O)C3CC3)cc2)C1. The Morgan fingerprint density at radius 1 is 1.06 bits per heavy atom. The number of nitrogens with zero attached hydrogens (tertiary/aromatic N) is 2. The van der Waals surface area contributed by atoms with Crippen molar-refractivity contribution in [3.05, 3.63) is 60.2 Å². The highest BCUT2D eigenvalue weighted by Gasteiger charge is 2.37. The van der Waals surface area contributed by atoms with Crippen molar-refractivity contribution in [3.63, 3.8) is 0 Å². The van der Waals surface area contributed by atoms with Crippen LogP contribution < -0.4 is 15.6 Å². The highest BCUT2D eigenvalue weighted by Crippen LogP contribution is 2.30. The molecule has 1 aliphatic heterocycles. The second kappa shape index (κ2) is 9.85. The van der Waals surface area contributed by atoms with Crippen molar-refractivity contribution in [1.82, 2.24) is 5.32 Å². The Balaban J connectivity index is 1.43. The Kier molecular flexibility index (Phi) is 6.72. The molecule has 2 aromatic carbocycles. The van der Waals surface area contributed by atoms with E-state index in [0.29, 0.717) is 0 Å². The van der Waals surface area contributed by atoms with Crippen molar-refractivity contribution >= 4 is 34.9 Å². The van der Waals surface area contributed by atoms with Gasteiger partial charge in [0.2, 0.25) is 11.8 Å². The molecule has 2 N–H and O–H groups in total. The van der Waals surface area contributed by atoms with E-state index in [-0.39, 0.29) is 42.5 Å². The minimum atomic E-state index is -0.661. The van der Waals surface area contributed by atoms with Crippen molar-refractivity contribution in [3.8, 4) is 0 Å². The van der Waals surface area contributed by atoms with E-state index in [2.05, 4.69) is 15.7 Å². The van der Waals surface area contributed by atoms with Crippen LogP contribution >= 0.6 is 0 Å². The summed E-state index contributed by atoms with van der Waals surface area (Å²) in [4.78, 5) is 37.4. The number of hydrogen-bond donors (Lipinski definition) is 2. The minimum absolute atomic E-state index is 0.0590. The highest BCUT2D eigenvalue weighted by molar-refractivity contribution is 6.38. The van der Waals surface area contributed by atoms with Crippen LogP contribution in [0, 0.1) is 5.92 Å². The Morgan fingerprint density at radius 2 is 1.76 bits per heavy atom. The summed E-state index contributed by atoms with van der Waals surface area (Å²) in [5.74, 6) is -0.543. The second-order valence-electron chi connectivity index (χ2n) is 8.28. The molecule has 172 valence electrons. The van der Waals surface area contributed by atoms with Crippen LogP contribution in [0.25, 0.3) is 0 Å². The molecule has 0 aromatic heterocycles. The fourth-order valence-corrected chi connectivity index (χ4v) is 3.71. The zero-order valence-electron chi connectivity index (χ0n) is 18.8. The van der Waals surface area contributed by atoms with Crippen molar-refractivity contribution < 1.29 is 19.1 Å². The molecule has 8 nitrogen and oxygen atoms in total. The Hall–Kier alpha value is -3.68. The molecule has 2 unspecified atom stereocenters. The summed E-state index contributed by atoms with van der Waals surface area (Å²) in [6.07, 6.45) is 2.07. The van der Waals surface area contributed by atoms with Gasteiger partial charge >= 0.3 is 5.97 Å². The first-order valence-corrected chi connectivity index (χ1v) is 11.3. The van der Waals surface area contributed by atoms with Crippen LogP contribution in [0.15, 0.2) is 59.7 Å². The lowest BCUT2D eigenvalue weighted by Gasteiger charge is -2.24. The number of carbonyl (C=O) groups excluding carboxylic acids is 3. The second-order valence-corrected chi connectivity index (χ2v) is 8.28. The number of hydrogen-bond acceptors (Lipinski definition) is 6. The highest BCUT2D eigenvalue weighted by atomic mass is 16.5. The Bertz CT molecular complexity index is 1050. The topological polar surface area (TPSA) is 100 Å². The summed E-state index contributed by atoms with van der Waals surface area (Å²) < 4.78 is 5.09. The lowest BCUT2D eigenvalue weighted by molar-refractivity contribution is -0.135. The zero-order valence-corrected chi connectivity index (χ0v) is 18.8. The van der Waals surface area contributed by atoms with Crippen molar-refractivity contribution in [2.75, 3.05) is 16.9 Å². The third-order valence-electron chi connectivity index (χ3n) is 5.73. The van der Waals surface area contributed by atoms with Gasteiger partial charge in [-0.05, 0) is 56.5 Å². The van der Waals surface area contributed by atoms with Gasteiger partial charge in [-0.1, -0.05) is 30.3 Å². The van der Waals surface area contributed by atoms with Gasteiger partial charge in [-0.25, -0.2) is 4.79 Å². The van der Waals surface area contributed by atoms with E-state index in [0.717, 1.165) is 29.8 Å². The molecule has 2 aromatic rings. The molecule has 1 aliphatic carbocycles. The van der Waals surface area contributed by atoms with E-state index in [9.17, 15) is 14.4 Å². The van der Waals surface area contributed by atoms with E-state index in [4.69, 9.17) is 4.74 Å². The lowest BCUT2D eigenvalue weighted by Crippen LogP contribution is -2.43. The Labute approximate surface area is 193 Å². The number of para-hydroxylation sites is 1. The normalized spacial score (nSPS) is 18.3. The van der Waals surface area contributed by atoms with Crippen LogP contribution in [0.4, 0.5) is 11.4 Å². The molecule has 2 aliphatic rings. The molecule has 4 rings (SSSR count). The number of benzene rings is 2. The number of anilines is 2. The first-order chi connectivity index (χ1) is 16.0. The Morgan fingerprint density at radius 3 is 2.39 bits per heavy atom. The summed E-state index contributed by atoms with van der Waals surface area (Å²) in [6, 6.07) is 15.8. The summed E-state index contributed by atoms with van der Waals surface area (Å²) in [5, 5.41) is 11.9. The fraction of sp³-hybridized carbons (Fsp3) is 0.360. The standard InChI is InChI=1S/C25H28N4O4/c1-3-33-25(32)21-15-22(29(28-21)20-7-5-4-6-8-20)24(31)26-16(2)17-11-13-19(14-12-17)27-23(30)18-9-10-18/h4-8,11-14,16,18,22H,3,9-10,15H2,1-2H3,(H,26,31)(H,27,30). The average Bonchev–Trinajstić information content (AvgIpc) is 3.58. The van der Waals surface area contributed by atoms with Crippen LogP contribution in [0.1, 0.15) is 44.7 Å². The number of ether oxygens (including phenoxy) is 1. The molecule has 8 heteroatoms. The molecule has 33 heavy (non-hydrogen) atoms. The first-order valence-electron chi connectivity index (χ1n) is 11.3. The largest absolute Gasteiger partial charge is 0.461 e. The number of carbonyl (C=O) groups is 3. The summed E-state index contributed by atoms with van der Waals surface area (Å²) in [5.41, 5.74) is 2.60. The van der Waals surface area contributed by atoms with Gasteiger partial charge in [0.15, 0.2) is 0 Å². The van der Waals surface area contributed by atoms with E-state index in [1.807, 2.05) is 61.5 Å². The third kappa shape index (κ3) is 5.39. The maximum atomic E-state index is 13.2. The number of amides is 2. The molecule has 1 fully saturated rings.